The maximum atomic E-state index is 12.1. The van der Waals surface area contributed by atoms with Crippen LogP contribution in [0.1, 0.15) is 46.5 Å². The van der Waals surface area contributed by atoms with Gasteiger partial charge in [0.1, 0.15) is 5.60 Å². The lowest BCUT2D eigenvalue weighted by atomic mass is 9.75. The number of hydrogen-bond acceptors (Lipinski definition) is 4. The van der Waals surface area contributed by atoms with Gasteiger partial charge in [-0.05, 0) is 58.3 Å². The molecule has 0 aromatic heterocycles. The summed E-state index contributed by atoms with van der Waals surface area (Å²) in [7, 11) is 2.02. The third kappa shape index (κ3) is 4.49. The van der Waals surface area contributed by atoms with E-state index in [-0.39, 0.29) is 6.09 Å². The fourth-order valence-corrected chi connectivity index (χ4v) is 4.70. The van der Waals surface area contributed by atoms with Gasteiger partial charge in [0.05, 0.1) is 5.25 Å². The molecule has 1 heterocycles. The smallest absolute Gasteiger partial charge is 0.410 e. The van der Waals surface area contributed by atoms with Gasteiger partial charge in [0.15, 0.2) is 0 Å². The minimum Gasteiger partial charge on any atom is -0.444 e. The lowest BCUT2D eigenvalue weighted by Gasteiger charge is -2.43. The maximum absolute atomic E-state index is 12.1. The second-order valence-corrected chi connectivity index (χ2v) is 10.1. The number of carbonyl (C=O) groups is 1. The number of halogens is 1. The third-order valence-electron chi connectivity index (χ3n) is 4.37. The van der Waals surface area contributed by atoms with Crippen LogP contribution in [0.2, 0.25) is 0 Å². The van der Waals surface area contributed by atoms with Crippen molar-refractivity contribution in [3.63, 3.8) is 0 Å². The lowest BCUT2D eigenvalue weighted by Crippen LogP contribution is -2.48. The normalized spacial score (nSPS) is 30.7. The third-order valence-corrected chi connectivity index (χ3v) is 6.35. The number of hydrogen-bond donors (Lipinski definition) is 0. The average Bonchev–Trinajstić information content (AvgIpc) is 2.34. The van der Waals surface area contributed by atoms with Crippen LogP contribution in [-0.4, -0.2) is 43.4 Å². The molecule has 2 rings (SSSR count). The molecule has 5 nitrogen and oxygen atoms in total. The number of ether oxygens (including phenoxy) is 1. The van der Waals surface area contributed by atoms with Crippen molar-refractivity contribution in [2.75, 3.05) is 13.1 Å². The second kappa shape index (κ2) is 5.95. The predicted molar refractivity (Wildman–Crippen MR) is 81.8 cm³/mol. The molecular formula is C14H24ClNO4S. The van der Waals surface area contributed by atoms with Crippen LogP contribution in [0.25, 0.3) is 0 Å². The van der Waals surface area contributed by atoms with Crippen molar-refractivity contribution in [2.45, 2.75) is 57.3 Å². The SMILES string of the molecule is CC(C)(C)OC(=O)N1CC[C@@H]2C[C@@H](S(=O)(=O)Cl)CC[C@@H]2C1. The van der Waals surface area contributed by atoms with Crippen LogP contribution in [0.4, 0.5) is 4.79 Å². The summed E-state index contributed by atoms with van der Waals surface area (Å²) in [6.45, 7) is 6.86. The molecule has 1 saturated heterocycles. The van der Waals surface area contributed by atoms with E-state index >= 15 is 0 Å². The largest absolute Gasteiger partial charge is 0.444 e. The lowest BCUT2D eigenvalue weighted by molar-refractivity contribution is 0.00586. The Morgan fingerprint density at radius 2 is 1.86 bits per heavy atom. The zero-order chi connectivity index (χ0) is 15.8. The molecule has 0 aromatic rings. The Morgan fingerprint density at radius 1 is 1.19 bits per heavy atom. The molecule has 1 saturated carbocycles. The minimum absolute atomic E-state index is 0.270. The quantitative estimate of drug-likeness (QED) is 0.690. The van der Waals surface area contributed by atoms with Gasteiger partial charge < -0.3 is 9.64 Å². The van der Waals surface area contributed by atoms with E-state index in [1.165, 1.54) is 0 Å². The van der Waals surface area contributed by atoms with Gasteiger partial charge in [-0.2, -0.15) is 0 Å². The first-order valence-corrected chi connectivity index (χ1v) is 9.85. The van der Waals surface area contributed by atoms with E-state index in [1.807, 2.05) is 20.8 Å². The number of piperidine rings is 1. The van der Waals surface area contributed by atoms with Crippen LogP contribution < -0.4 is 0 Å². The molecule has 21 heavy (non-hydrogen) atoms. The molecule has 0 N–H and O–H groups in total. The molecule has 2 aliphatic rings. The fraction of sp³-hybridized carbons (Fsp3) is 0.929. The number of rotatable bonds is 1. The summed E-state index contributed by atoms with van der Waals surface area (Å²) in [6.07, 6.45) is 2.58. The van der Waals surface area contributed by atoms with E-state index in [1.54, 1.807) is 4.90 Å². The van der Waals surface area contributed by atoms with Crippen molar-refractivity contribution in [1.29, 1.82) is 0 Å². The molecule has 0 spiro atoms. The van der Waals surface area contributed by atoms with Crippen LogP contribution in [0.15, 0.2) is 0 Å². The van der Waals surface area contributed by atoms with E-state index in [0.717, 1.165) is 12.8 Å². The number of likely N-dealkylation sites (tertiary alicyclic amines) is 1. The molecule has 0 aromatic carbocycles. The summed E-state index contributed by atoms with van der Waals surface area (Å²) >= 11 is 0. The summed E-state index contributed by atoms with van der Waals surface area (Å²) in [6, 6.07) is 0. The highest BCUT2D eigenvalue weighted by Gasteiger charge is 2.40. The topological polar surface area (TPSA) is 63.7 Å². The van der Waals surface area contributed by atoms with E-state index < -0.39 is 19.9 Å². The van der Waals surface area contributed by atoms with E-state index in [2.05, 4.69) is 0 Å². The van der Waals surface area contributed by atoms with Gasteiger partial charge in [-0.1, -0.05) is 0 Å². The molecule has 3 atom stereocenters. The first-order valence-electron chi connectivity index (χ1n) is 7.47. The molecule has 0 bridgehead atoms. The number of amides is 1. The Labute approximate surface area is 131 Å². The molecule has 0 unspecified atom stereocenters. The van der Waals surface area contributed by atoms with Crippen molar-refractivity contribution in [1.82, 2.24) is 4.90 Å². The number of fused-ring (bicyclic) bond motifs is 1. The summed E-state index contributed by atoms with van der Waals surface area (Å²) in [5, 5.41) is -0.423. The standard InChI is InChI=1S/C14H24ClNO4S/c1-14(2,3)20-13(17)16-7-6-10-8-12(21(15,18)19)5-4-11(10)9-16/h10-12H,4-9H2,1-3H3/t10-,11-,12+/m1/s1. The highest BCUT2D eigenvalue weighted by Crippen LogP contribution is 2.39. The Hall–Kier alpha value is -0.490. The Morgan fingerprint density at radius 3 is 2.43 bits per heavy atom. The Bertz CT molecular complexity index is 500. The van der Waals surface area contributed by atoms with E-state index in [9.17, 15) is 13.2 Å². The van der Waals surface area contributed by atoms with Crippen LogP contribution in [0.3, 0.4) is 0 Å². The average molecular weight is 338 g/mol. The van der Waals surface area contributed by atoms with Crippen LogP contribution >= 0.6 is 10.7 Å². The maximum Gasteiger partial charge on any atom is 0.410 e. The summed E-state index contributed by atoms with van der Waals surface area (Å²) in [4.78, 5) is 13.9. The molecule has 0 radical (unpaired) electrons. The molecule has 1 amide bonds. The summed E-state index contributed by atoms with van der Waals surface area (Å²) in [5.41, 5.74) is -0.488. The van der Waals surface area contributed by atoms with Crippen molar-refractivity contribution < 1.29 is 17.9 Å². The van der Waals surface area contributed by atoms with Crippen molar-refractivity contribution in [3.05, 3.63) is 0 Å². The highest BCUT2D eigenvalue weighted by molar-refractivity contribution is 8.14. The molecule has 1 aliphatic heterocycles. The van der Waals surface area contributed by atoms with E-state index in [4.69, 9.17) is 15.4 Å². The molecule has 1 aliphatic carbocycles. The van der Waals surface area contributed by atoms with Gasteiger partial charge in [0, 0.05) is 23.8 Å². The van der Waals surface area contributed by atoms with Gasteiger partial charge >= 0.3 is 6.09 Å². The number of nitrogens with zero attached hydrogens (tertiary/aromatic N) is 1. The second-order valence-electron chi connectivity index (χ2n) is 7.15. The number of carbonyl (C=O) groups excluding carboxylic acids is 1. The molecule has 2 fully saturated rings. The van der Waals surface area contributed by atoms with Crippen LogP contribution in [0.5, 0.6) is 0 Å². The Balaban J connectivity index is 1.93. The molecular weight excluding hydrogens is 314 g/mol. The van der Waals surface area contributed by atoms with Gasteiger partial charge in [0.2, 0.25) is 9.05 Å². The van der Waals surface area contributed by atoms with Crippen molar-refractivity contribution in [2.24, 2.45) is 11.8 Å². The van der Waals surface area contributed by atoms with Crippen molar-refractivity contribution in [3.8, 4) is 0 Å². The highest BCUT2D eigenvalue weighted by atomic mass is 35.7. The first-order chi connectivity index (χ1) is 9.56. The molecule has 122 valence electrons. The monoisotopic (exact) mass is 337 g/mol. The summed E-state index contributed by atoms with van der Waals surface area (Å²) < 4.78 is 28.3. The van der Waals surface area contributed by atoms with Gasteiger partial charge in [-0.3, -0.25) is 0 Å². The zero-order valence-electron chi connectivity index (χ0n) is 12.8. The van der Waals surface area contributed by atoms with Crippen LogP contribution in [0, 0.1) is 11.8 Å². The Kier molecular flexibility index (Phi) is 4.78. The van der Waals surface area contributed by atoms with Crippen molar-refractivity contribution >= 4 is 25.8 Å². The zero-order valence-corrected chi connectivity index (χ0v) is 14.4. The fourth-order valence-electron chi connectivity index (χ4n) is 3.32. The van der Waals surface area contributed by atoms with Crippen LogP contribution in [-0.2, 0) is 13.8 Å². The summed E-state index contributed by atoms with van der Waals surface area (Å²) in [5.74, 6) is 0.705. The van der Waals surface area contributed by atoms with Gasteiger partial charge in [0.25, 0.3) is 0 Å². The predicted octanol–water partition coefficient (Wildman–Crippen LogP) is 2.98. The van der Waals surface area contributed by atoms with Gasteiger partial charge in [-0.15, -0.1) is 0 Å². The minimum atomic E-state index is -3.46. The van der Waals surface area contributed by atoms with Gasteiger partial charge in [-0.25, -0.2) is 13.2 Å². The first kappa shape index (κ1) is 16.9. The molecule has 7 heteroatoms. The van der Waals surface area contributed by atoms with E-state index in [0.29, 0.717) is 37.8 Å².